The van der Waals surface area contributed by atoms with Crippen LogP contribution >= 0.6 is 0 Å². The Hall–Kier alpha value is -1.40. The maximum atomic E-state index is 10.4. The Labute approximate surface area is 98.9 Å². The van der Waals surface area contributed by atoms with Gasteiger partial charge in [0.2, 0.25) is 0 Å². The first kappa shape index (κ1) is 12.1. The van der Waals surface area contributed by atoms with E-state index in [-0.39, 0.29) is 18.0 Å². The molecule has 1 aromatic rings. The Bertz CT molecular complexity index is 396. The average molecular weight is 240 g/mol. The van der Waals surface area contributed by atoms with Gasteiger partial charge in [0, 0.05) is 5.54 Å². The number of furan rings is 1. The fraction of sp³-hybridized carbons (Fsp3) is 0.636. The molecule has 0 amide bonds. The maximum Gasteiger partial charge on any atom is 0.433 e. The van der Waals surface area contributed by atoms with Crippen LogP contribution in [0, 0.1) is 10.1 Å². The summed E-state index contributed by atoms with van der Waals surface area (Å²) in [5, 5.41) is 10.4. The molecule has 2 rings (SSSR count). The zero-order chi connectivity index (χ0) is 12.3. The lowest BCUT2D eigenvalue weighted by molar-refractivity contribution is -0.402. The van der Waals surface area contributed by atoms with Gasteiger partial charge < -0.3 is 14.9 Å². The van der Waals surface area contributed by atoms with Gasteiger partial charge in [0.25, 0.3) is 0 Å². The molecule has 0 aliphatic heterocycles. The second-order valence-electron chi connectivity index (χ2n) is 4.56. The third kappa shape index (κ3) is 3.04. The molecule has 0 bridgehead atoms. The van der Waals surface area contributed by atoms with Crippen molar-refractivity contribution in [3.63, 3.8) is 0 Å². The standard InChI is InChI=1S/C11H16N2O4/c12-11(5-1-2-6-11)8-16-7-9-3-4-10(17-9)13(14)15/h3-4H,1-2,5-8,12H2. The van der Waals surface area contributed by atoms with Gasteiger partial charge in [-0.25, -0.2) is 0 Å². The first-order valence-corrected chi connectivity index (χ1v) is 5.69. The molecule has 6 nitrogen and oxygen atoms in total. The molecular weight excluding hydrogens is 224 g/mol. The van der Waals surface area contributed by atoms with Crippen molar-refractivity contribution in [1.29, 1.82) is 0 Å². The third-order valence-corrected chi connectivity index (χ3v) is 3.06. The summed E-state index contributed by atoms with van der Waals surface area (Å²) in [6.45, 7) is 0.703. The van der Waals surface area contributed by atoms with Gasteiger partial charge in [-0.1, -0.05) is 12.8 Å². The van der Waals surface area contributed by atoms with Crippen molar-refractivity contribution >= 4 is 5.88 Å². The van der Waals surface area contributed by atoms with Gasteiger partial charge in [-0.15, -0.1) is 0 Å². The molecule has 2 N–H and O–H groups in total. The number of hydrogen-bond acceptors (Lipinski definition) is 5. The smallest absolute Gasteiger partial charge is 0.403 e. The molecule has 17 heavy (non-hydrogen) atoms. The quantitative estimate of drug-likeness (QED) is 0.627. The predicted octanol–water partition coefficient (Wildman–Crippen LogP) is 1.98. The van der Waals surface area contributed by atoms with Crippen LogP contribution in [0.15, 0.2) is 16.5 Å². The molecule has 1 fully saturated rings. The SMILES string of the molecule is NC1(COCc2ccc([N+](=O)[O-])o2)CCCC1. The van der Waals surface area contributed by atoms with E-state index in [1.165, 1.54) is 6.07 Å². The molecule has 94 valence electrons. The van der Waals surface area contributed by atoms with E-state index in [2.05, 4.69) is 0 Å². The van der Waals surface area contributed by atoms with Crippen LogP contribution in [0.25, 0.3) is 0 Å². The molecule has 0 saturated heterocycles. The van der Waals surface area contributed by atoms with Crippen LogP contribution in [-0.2, 0) is 11.3 Å². The largest absolute Gasteiger partial charge is 0.433 e. The van der Waals surface area contributed by atoms with Crippen molar-refractivity contribution in [2.24, 2.45) is 5.73 Å². The maximum absolute atomic E-state index is 10.4. The van der Waals surface area contributed by atoms with Gasteiger partial charge in [0.15, 0.2) is 0 Å². The summed E-state index contributed by atoms with van der Waals surface area (Å²) in [4.78, 5) is 9.83. The number of nitrogens with two attached hydrogens (primary N) is 1. The molecule has 1 saturated carbocycles. The van der Waals surface area contributed by atoms with Crippen molar-refractivity contribution in [2.45, 2.75) is 37.8 Å². The topological polar surface area (TPSA) is 91.5 Å². The molecule has 1 aliphatic carbocycles. The zero-order valence-electron chi connectivity index (χ0n) is 9.55. The summed E-state index contributed by atoms with van der Waals surface area (Å²) < 4.78 is 10.4. The Kier molecular flexibility index (Phi) is 3.44. The molecule has 1 aliphatic rings. The first-order valence-electron chi connectivity index (χ1n) is 5.69. The minimum absolute atomic E-state index is 0.224. The average Bonchev–Trinajstić information content (AvgIpc) is 2.88. The summed E-state index contributed by atoms with van der Waals surface area (Å²) in [5.41, 5.74) is 5.89. The van der Waals surface area contributed by atoms with Crippen molar-refractivity contribution in [1.82, 2.24) is 0 Å². The second-order valence-corrected chi connectivity index (χ2v) is 4.56. The van der Waals surface area contributed by atoms with E-state index in [1.54, 1.807) is 6.07 Å². The Morgan fingerprint density at radius 3 is 2.76 bits per heavy atom. The highest BCUT2D eigenvalue weighted by atomic mass is 16.6. The van der Waals surface area contributed by atoms with Crippen molar-refractivity contribution in [3.05, 3.63) is 28.0 Å². The van der Waals surface area contributed by atoms with Gasteiger partial charge >= 0.3 is 5.88 Å². The highest BCUT2D eigenvalue weighted by Crippen LogP contribution is 2.27. The minimum Gasteiger partial charge on any atom is -0.403 e. The van der Waals surface area contributed by atoms with Crippen LogP contribution in [-0.4, -0.2) is 17.1 Å². The highest BCUT2D eigenvalue weighted by Gasteiger charge is 2.29. The summed E-state index contributed by atoms with van der Waals surface area (Å²) in [6, 6.07) is 2.88. The van der Waals surface area contributed by atoms with Crippen LogP contribution in [0.2, 0.25) is 0 Å². The molecule has 1 aromatic heterocycles. The van der Waals surface area contributed by atoms with E-state index in [4.69, 9.17) is 14.9 Å². The molecular formula is C11H16N2O4. The van der Waals surface area contributed by atoms with Crippen LogP contribution in [0.4, 0.5) is 5.88 Å². The summed E-state index contributed by atoms with van der Waals surface area (Å²) in [7, 11) is 0. The van der Waals surface area contributed by atoms with Crippen molar-refractivity contribution in [3.8, 4) is 0 Å². The summed E-state index contributed by atoms with van der Waals surface area (Å²) >= 11 is 0. The lowest BCUT2D eigenvalue weighted by Crippen LogP contribution is -2.41. The lowest BCUT2D eigenvalue weighted by atomic mass is 10.0. The molecule has 1 heterocycles. The fourth-order valence-electron chi connectivity index (χ4n) is 2.12. The molecule has 6 heteroatoms. The van der Waals surface area contributed by atoms with Gasteiger partial charge in [-0.05, 0) is 18.9 Å². The Morgan fingerprint density at radius 1 is 1.47 bits per heavy atom. The number of nitrogens with zero attached hydrogens (tertiary/aromatic N) is 1. The monoisotopic (exact) mass is 240 g/mol. The highest BCUT2D eigenvalue weighted by molar-refractivity contribution is 5.17. The first-order chi connectivity index (χ1) is 8.09. The van der Waals surface area contributed by atoms with Crippen LogP contribution in [0.3, 0.4) is 0 Å². The molecule has 0 spiro atoms. The van der Waals surface area contributed by atoms with Crippen LogP contribution in [0.5, 0.6) is 0 Å². The predicted molar refractivity (Wildman–Crippen MR) is 60.4 cm³/mol. The van der Waals surface area contributed by atoms with Crippen LogP contribution in [0.1, 0.15) is 31.4 Å². The van der Waals surface area contributed by atoms with Gasteiger partial charge in [0.1, 0.15) is 17.3 Å². The van der Waals surface area contributed by atoms with E-state index in [1.807, 2.05) is 0 Å². The van der Waals surface area contributed by atoms with Crippen LogP contribution < -0.4 is 5.73 Å². The van der Waals surface area contributed by atoms with Crippen molar-refractivity contribution < 1.29 is 14.1 Å². The fourth-order valence-corrected chi connectivity index (χ4v) is 2.12. The van der Waals surface area contributed by atoms with E-state index in [9.17, 15) is 10.1 Å². The molecule has 0 unspecified atom stereocenters. The van der Waals surface area contributed by atoms with Gasteiger partial charge in [0.05, 0.1) is 12.7 Å². The minimum atomic E-state index is -0.565. The summed E-state index contributed by atoms with van der Waals surface area (Å²) in [6.07, 6.45) is 4.24. The van der Waals surface area contributed by atoms with Crippen molar-refractivity contribution in [2.75, 3.05) is 6.61 Å². The van der Waals surface area contributed by atoms with E-state index >= 15 is 0 Å². The molecule has 0 aromatic carbocycles. The third-order valence-electron chi connectivity index (χ3n) is 3.06. The Balaban J connectivity index is 1.79. The number of hydrogen-bond donors (Lipinski definition) is 1. The van der Waals surface area contributed by atoms with E-state index in [0.29, 0.717) is 12.4 Å². The van der Waals surface area contributed by atoms with E-state index in [0.717, 1.165) is 25.7 Å². The normalized spacial score (nSPS) is 18.4. The van der Waals surface area contributed by atoms with E-state index < -0.39 is 4.92 Å². The van der Waals surface area contributed by atoms with Gasteiger partial charge in [-0.3, -0.25) is 10.1 Å². The number of rotatable bonds is 5. The zero-order valence-corrected chi connectivity index (χ0v) is 9.55. The molecule has 0 radical (unpaired) electrons. The van der Waals surface area contributed by atoms with Gasteiger partial charge in [-0.2, -0.15) is 0 Å². The number of nitro groups is 1. The second kappa shape index (κ2) is 4.85. The molecule has 0 atom stereocenters. The summed E-state index contributed by atoms with van der Waals surface area (Å²) in [5.74, 6) is 0.199. The number of ether oxygens (including phenoxy) is 1. The Morgan fingerprint density at radius 2 is 2.18 bits per heavy atom. The lowest BCUT2D eigenvalue weighted by Gasteiger charge is -2.22.